The van der Waals surface area contributed by atoms with Gasteiger partial charge in [0.25, 0.3) is 10.1 Å². The summed E-state index contributed by atoms with van der Waals surface area (Å²) in [6, 6.07) is 12.4. The first-order valence-corrected chi connectivity index (χ1v) is 7.74. The molecule has 3 nitrogen and oxygen atoms in total. The van der Waals surface area contributed by atoms with E-state index in [1.807, 2.05) is 31.2 Å². The number of halogens is 1. The first-order valence-electron chi connectivity index (χ1n) is 5.22. The molecule has 0 unspecified atom stereocenters. The molecule has 94 valence electrons. The van der Waals surface area contributed by atoms with Crippen molar-refractivity contribution in [1.82, 2.24) is 0 Å². The Labute approximate surface area is 120 Å². The Kier molecular flexibility index (Phi) is 3.74. The molecule has 0 saturated heterocycles. The highest BCUT2D eigenvalue weighted by molar-refractivity contribution is 14.1. The van der Waals surface area contributed by atoms with E-state index >= 15 is 0 Å². The summed E-state index contributed by atoms with van der Waals surface area (Å²) < 4.78 is 32.4. The lowest BCUT2D eigenvalue weighted by molar-refractivity contribution is 0.483. The van der Waals surface area contributed by atoms with Crippen LogP contribution in [0.4, 0.5) is 0 Å². The van der Waals surface area contributed by atoms with Crippen LogP contribution in [0.5, 0.6) is 0 Å². The van der Waals surface area contributed by atoms with Crippen molar-refractivity contribution in [1.29, 1.82) is 0 Å². The summed E-state index contributed by atoms with van der Waals surface area (Å²) in [4.78, 5) is -0.0818. The normalized spacial score (nSPS) is 11.5. The Morgan fingerprint density at radius 1 is 1.06 bits per heavy atom. The lowest BCUT2D eigenvalue weighted by atomic mass is 10.0. The van der Waals surface area contributed by atoms with Gasteiger partial charge in [0.1, 0.15) is 0 Å². The van der Waals surface area contributed by atoms with Crippen LogP contribution in [-0.4, -0.2) is 13.0 Å². The summed E-state index contributed by atoms with van der Waals surface area (Å²) in [5, 5.41) is 0. The van der Waals surface area contributed by atoms with Gasteiger partial charge in [-0.25, -0.2) is 0 Å². The van der Waals surface area contributed by atoms with Gasteiger partial charge in [-0.3, -0.25) is 4.55 Å². The summed E-state index contributed by atoms with van der Waals surface area (Å²) in [6.07, 6.45) is 0. The van der Waals surface area contributed by atoms with E-state index in [1.165, 1.54) is 12.1 Å². The monoisotopic (exact) mass is 374 g/mol. The molecule has 2 aromatic carbocycles. The Balaban J connectivity index is 2.60. The highest BCUT2D eigenvalue weighted by Gasteiger charge is 2.12. The lowest BCUT2D eigenvalue weighted by Crippen LogP contribution is -1.98. The molecule has 0 aromatic heterocycles. The van der Waals surface area contributed by atoms with Gasteiger partial charge in [0.2, 0.25) is 0 Å². The summed E-state index contributed by atoms with van der Waals surface area (Å²) in [5.74, 6) is 0. The zero-order valence-corrected chi connectivity index (χ0v) is 12.6. The maximum absolute atomic E-state index is 11.1. The molecule has 2 aromatic rings. The van der Waals surface area contributed by atoms with Gasteiger partial charge in [-0.1, -0.05) is 18.2 Å². The highest BCUT2D eigenvalue weighted by Crippen LogP contribution is 2.26. The number of benzene rings is 2. The molecule has 2 rings (SSSR count). The van der Waals surface area contributed by atoms with Crippen molar-refractivity contribution in [2.75, 3.05) is 0 Å². The molecule has 5 heteroatoms. The molecule has 0 aliphatic carbocycles. The van der Waals surface area contributed by atoms with Crippen LogP contribution < -0.4 is 0 Å². The van der Waals surface area contributed by atoms with E-state index in [-0.39, 0.29) is 4.90 Å². The standard InChI is InChI=1S/C13H11IO3S/c1-9-2-7-12(18(15,16)17)8-13(9)10-3-5-11(14)6-4-10/h2-8H,1H3,(H,15,16,17). The Morgan fingerprint density at radius 2 is 1.67 bits per heavy atom. The third kappa shape index (κ3) is 2.90. The molecule has 0 bridgehead atoms. The minimum absolute atomic E-state index is 0.0818. The molecular weight excluding hydrogens is 363 g/mol. The van der Waals surface area contributed by atoms with Gasteiger partial charge in [0, 0.05) is 3.57 Å². The zero-order valence-electron chi connectivity index (χ0n) is 9.59. The molecule has 0 fully saturated rings. The van der Waals surface area contributed by atoms with Crippen LogP contribution in [-0.2, 0) is 10.1 Å². The molecule has 0 aliphatic heterocycles. The zero-order chi connectivity index (χ0) is 13.3. The second-order valence-electron chi connectivity index (χ2n) is 3.96. The fourth-order valence-corrected chi connectivity index (χ4v) is 2.57. The highest BCUT2D eigenvalue weighted by atomic mass is 127. The van der Waals surface area contributed by atoms with Crippen molar-refractivity contribution < 1.29 is 13.0 Å². The first kappa shape index (κ1) is 13.5. The largest absolute Gasteiger partial charge is 0.294 e. The number of hydrogen-bond donors (Lipinski definition) is 1. The molecule has 0 heterocycles. The average Bonchev–Trinajstić information content (AvgIpc) is 2.29. The van der Waals surface area contributed by atoms with Gasteiger partial charge < -0.3 is 0 Å². The van der Waals surface area contributed by atoms with Gasteiger partial charge in [0.15, 0.2) is 0 Å². The van der Waals surface area contributed by atoms with Gasteiger partial charge in [-0.05, 0) is 70.5 Å². The Bertz CT molecular complexity index is 676. The van der Waals surface area contributed by atoms with Crippen molar-refractivity contribution >= 4 is 32.7 Å². The van der Waals surface area contributed by atoms with E-state index < -0.39 is 10.1 Å². The van der Waals surface area contributed by atoms with E-state index in [0.29, 0.717) is 0 Å². The molecule has 18 heavy (non-hydrogen) atoms. The van der Waals surface area contributed by atoms with Gasteiger partial charge in [0.05, 0.1) is 4.90 Å². The smallest absolute Gasteiger partial charge is 0.282 e. The molecule has 0 aliphatic rings. The van der Waals surface area contributed by atoms with Crippen molar-refractivity contribution in [2.45, 2.75) is 11.8 Å². The van der Waals surface area contributed by atoms with Crippen LogP contribution in [0.1, 0.15) is 5.56 Å². The Morgan fingerprint density at radius 3 is 2.22 bits per heavy atom. The van der Waals surface area contributed by atoms with Gasteiger partial charge >= 0.3 is 0 Å². The topological polar surface area (TPSA) is 54.4 Å². The molecule has 0 amide bonds. The van der Waals surface area contributed by atoms with Crippen LogP contribution in [0.25, 0.3) is 11.1 Å². The predicted octanol–water partition coefficient (Wildman–Crippen LogP) is 3.51. The first-order chi connectivity index (χ1) is 8.38. The van der Waals surface area contributed by atoms with Crippen LogP contribution in [0, 0.1) is 10.5 Å². The van der Waals surface area contributed by atoms with E-state index in [2.05, 4.69) is 22.6 Å². The molecule has 0 spiro atoms. The Hall–Kier alpha value is -0.920. The van der Waals surface area contributed by atoms with Crippen LogP contribution >= 0.6 is 22.6 Å². The maximum atomic E-state index is 11.1. The maximum Gasteiger partial charge on any atom is 0.294 e. The van der Waals surface area contributed by atoms with Crippen molar-refractivity contribution in [3.05, 3.63) is 51.6 Å². The fraction of sp³-hybridized carbons (Fsp3) is 0.0769. The van der Waals surface area contributed by atoms with Crippen molar-refractivity contribution in [2.24, 2.45) is 0 Å². The van der Waals surface area contributed by atoms with E-state index in [9.17, 15) is 8.42 Å². The molecule has 1 N–H and O–H groups in total. The second-order valence-corrected chi connectivity index (χ2v) is 6.63. The molecular formula is C13H11IO3S. The van der Waals surface area contributed by atoms with Crippen molar-refractivity contribution in [3.8, 4) is 11.1 Å². The van der Waals surface area contributed by atoms with Crippen LogP contribution in [0.3, 0.4) is 0 Å². The van der Waals surface area contributed by atoms with Crippen LogP contribution in [0.2, 0.25) is 0 Å². The van der Waals surface area contributed by atoms with E-state index in [1.54, 1.807) is 6.07 Å². The second kappa shape index (κ2) is 4.99. The minimum Gasteiger partial charge on any atom is -0.282 e. The summed E-state index contributed by atoms with van der Waals surface area (Å²) in [6.45, 7) is 1.90. The van der Waals surface area contributed by atoms with Gasteiger partial charge in [-0.15, -0.1) is 0 Å². The summed E-state index contributed by atoms with van der Waals surface area (Å²) in [7, 11) is -4.16. The fourth-order valence-electron chi connectivity index (χ4n) is 1.70. The van der Waals surface area contributed by atoms with Crippen molar-refractivity contribution in [3.63, 3.8) is 0 Å². The molecule has 0 radical (unpaired) electrons. The molecule has 0 atom stereocenters. The predicted molar refractivity (Wildman–Crippen MR) is 79.1 cm³/mol. The number of hydrogen-bond acceptors (Lipinski definition) is 2. The van der Waals surface area contributed by atoms with Gasteiger partial charge in [-0.2, -0.15) is 8.42 Å². The quantitative estimate of drug-likeness (QED) is 0.647. The number of aryl methyl sites for hydroxylation is 1. The van der Waals surface area contributed by atoms with Crippen LogP contribution in [0.15, 0.2) is 47.4 Å². The molecule has 0 saturated carbocycles. The van der Waals surface area contributed by atoms with E-state index in [0.717, 1.165) is 20.3 Å². The number of rotatable bonds is 2. The van der Waals surface area contributed by atoms with E-state index in [4.69, 9.17) is 4.55 Å². The third-order valence-corrected chi connectivity index (χ3v) is 4.23. The summed E-state index contributed by atoms with van der Waals surface area (Å²) in [5.41, 5.74) is 2.70. The SMILES string of the molecule is Cc1ccc(S(=O)(=O)O)cc1-c1ccc(I)cc1. The third-order valence-electron chi connectivity index (χ3n) is 2.66. The lowest BCUT2D eigenvalue weighted by Gasteiger charge is -2.08. The average molecular weight is 374 g/mol. The summed E-state index contributed by atoms with van der Waals surface area (Å²) >= 11 is 2.21. The minimum atomic E-state index is -4.16.